The van der Waals surface area contributed by atoms with E-state index >= 15 is 0 Å². The largest absolute Gasteiger partial charge is 0.372 e. The maximum Gasteiger partial charge on any atom is 0.242 e. The Bertz CT molecular complexity index is 802. The molecule has 2 aromatic heterocycles. The van der Waals surface area contributed by atoms with Gasteiger partial charge in [0, 0.05) is 37.3 Å². The maximum absolute atomic E-state index is 12.5. The molecular weight excluding hydrogens is 316 g/mol. The van der Waals surface area contributed by atoms with Crippen LogP contribution in [0.1, 0.15) is 29.5 Å². The standard InChI is InChI=1S/C15H20N4O3S/c1-10-14(11(2)19(3)17-10)15-13(6-8-22-15)18-23(20,21)12-5-4-7-16-9-12/h4-5,7,9,13,15,18H,6,8H2,1-3H3/t13-,15-/m1/s1. The summed E-state index contributed by atoms with van der Waals surface area (Å²) >= 11 is 0. The second-order valence-electron chi connectivity index (χ2n) is 5.70. The lowest BCUT2D eigenvalue weighted by Gasteiger charge is -2.20. The molecule has 0 amide bonds. The van der Waals surface area contributed by atoms with Crippen molar-refractivity contribution in [2.45, 2.75) is 37.3 Å². The van der Waals surface area contributed by atoms with E-state index in [1.807, 2.05) is 20.9 Å². The number of sulfonamides is 1. The minimum Gasteiger partial charge on any atom is -0.372 e. The zero-order chi connectivity index (χ0) is 16.6. The van der Waals surface area contributed by atoms with Crippen LogP contribution in [0.2, 0.25) is 0 Å². The summed E-state index contributed by atoms with van der Waals surface area (Å²) in [5, 5.41) is 4.39. The Morgan fingerprint density at radius 3 is 2.78 bits per heavy atom. The van der Waals surface area contributed by atoms with Gasteiger partial charge in [0.25, 0.3) is 0 Å². The van der Waals surface area contributed by atoms with E-state index in [0.29, 0.717) is 13.0 Å². The average Bonchev–Trinajstić information content (AvgIpc) is 3.04. The molecule has 0 spiro atoms. The normalized spacial score (nSPS) is 21.7. The van der Waals surface area contributed by atoms with Crippen molar-refractivity contribution >= 4 is 10.0 Å². The van der Waals surface area contributed by atoms with Crippen LogP contribution in [0.25, 0.3) is 0 Å². The summed E-state index contributed by atoms with van der Waals surface area (Å²) in [6.45, 7) is 4.39. The molecule has 0 saturated carbocycles. The van der Waals surface area contributed by atoms with Crippen molar-refractivity contribution in [3.8, 4) is 0 Å². The van der Waals surface area contributed by atoms with Crippen LogP contribution < -0.4 is 4.72 Å². The molecule has 3 heterocycles. The van der Waals surface area contributed by atoms with E-state index in [-0.39, 0.29) is 17.0 Å². The van der Waals surface area contributed by atoms with Gasteiger partial charge in [0.1, 0.15) is 11.0 Å². The smallest absolute Gasteiger partial charge is 0.242 e. The van der Waals surface area contributed by atoms with Crippen molar-refractivity contribution in [3.05, 3.63) is 41.5 Å². The molecule has 1 saturated heterocycles. The number of hydrogen-bond donors (Lipinski definition) is 1. The minimum absolute atomic E-state index is 0.158. The minimum atomic E-state index is -3.62. The van der Waals surface area contributed by atoms with Crippen LogP contribution >= 0.6 is 0 Å². The number of ether oxygens (including phenoxy) is 1. The third kappa shape index (κ3) is 3.01. The number of pyridine rings is 1. The van der Waals surface area contributed by atoms with Gasteiger partial charge in [0.2, 0.25) is 10.0 Å². The van der Waals surface area contributed by atoms with Gasteiger partial charge < -0.3 is 4.74 Å². The van der Waals surface area contributed by atoms with Gasteiger partial charge in [-0.25, -0.2) is 13.1 Å². The van der Waals surface area contributed by atoms with Crippen LogP contribution in [0.3, 0.4) is 0 Å². The monoisotopic (exact) mass is 336 g/mol. The molecule has 1 fully saturated rings. The molecule has 7 nitrogen and oxygen atoms in total. The third-order valence-corrected chi connectivity index (χ3v) is 5.67. The summed E-state index contributed by atoms with van der Waals surface area (Å²) in [4.78, 5) is 4.03. The Labute approximate surface area is 135 Å². The molecule has 1 aliphatic rings. The van der Waals surface area contributed by atoms with Crippen LogP contribution in [0.15, 0.2) is 29.4 Å². The van der Waals surface area contributed by atoms with E-state index in [4.69, 9.17) is 4.74 Å². The molecule has 2 aromatic rings. The van der Waals surface area contributed by atoms with Gasteiger partial charge in [-0.2, -0.15) is 5.10 Å². The van der Waals surface area contributed by atoms with Crippen molar-refractivity contribution in [2.24, 2.45) is 7.05 Å². The van der Waals surface area contributed by atoms with Gasteiger partial charge in [0.05, 0.1) is 11.7 Å². The highest BCUT2D eigenvalue weighted by Gasteiger charge is 2.36. The highest BCUT2D eigenvalue weighted by molar-refractivity contribution is 7.89. The van der Waals surface area contributed by atoms with Crippen LogP contribution in [0, 0.1) is 13.8 Å². The second kappa shape index (κ2) is 6.03. The zero-order valence-corrected chi connectivity index (χ0v) is 14.2. The second-order valence-corrected chi connectivity index (χ2v) is 7.42. The topological polar surface area (TPSA) is 86.1 Å². The molecule has 1 N–H and O–H groups in total. The number of rotatable bonds is 4. The van der Waals surface area contributed by atoms with Crippen molar-refractivity contribution in [3.63, 3.8) is 0 Å². The molecule has 1 aliphatic heterocycles. The molecule has 0 aliphatic carbocycles. The van der Waals surface area contributed by atoms with Gasteiger partial charge in [-0.3, -0.25) is 9.67 Å². The summed E-state index contributed by atoms with van der Waals surface area (Å²) in [6.07, 6.45) is 3.18. The van der Waals surface area contributed by atoms with Crippen LogP contribution in [0.4, 0.5) is 0 Å². The van der Waals surface area contributed by atoms with E-state index in [0.717, 1.165) is 17.0 Å². The van der Waals surface area contributed by atoms with Gasteiger partial charge in [-0.15, -0.1) is 0 Å². The van der Waals surface area contributed by atoms with Gasteiger partial charge in [-0.1, -0.05) is 0 Å². The fourth-order valence-corrected chi connectivity index (χ4v) is 4.20. The Morgan fingerprint density at radius 2 is 2.17 bits per heavy atom. The molecule has 2 atom stereocenters. The average molecular weight is 336 g/mol. The number of nitrogens with one attached hydrogen (secondary N) is 1. The molecule has 0 radical (unpaired) electrons. The van der Waals surface area contributed by atoms with Crippen LogP contribution in [-0.4, -0.2) is 35.8 Å². The number of aromatic nitrogens is 3. The quantitative estimate of drug-likeness (QED) is 0.908. The molecule has 3 rings (SSSR count). The third-order valence-electron chi connectivity index (χ3n) is 4.19. The highest BCUT2D eigenvalue weighted by Crippen LogP contribution is 2.33. The highest BCUT2D eigenvalue weighted by atomic mass is 32.2. The number of nitrogens with zero attached hydrogens (tertiary/aromatic N) is 3. The number of aryl methyl sites for hydroxylation is 2. The van der Waals surface area contributed by atoms with Crippen LogP contribution in [0.5, 0.6) is 0 Å². The zero-order valence-electron chi connectivity index (χ0n) is 13.4. The lowest BCUT2D eigenvalue weighted by Crippen LogP contribution is -2.37. The fraction of sp³-hybridized carbons (Fsp3) is 0.467. The van der Waals surface area contributed by atoms with E-state index < -0.39 is 10.0 Å². The molecule has 0 bridgehead atoms. The van der Waals surface area contributed by atoms with Gasteiger partial charge in [0.15, 0.2) is 0 Å². The summed E-state index contributed by atoms with van der Waals surface area (Å²) in [6, 6.07) is 2.81. The van der Waals surface area contributed by atoms with Crippen molar-refractivity contribution in [2.75, 3.05) is 6.61 Å². The first kappa shape index (κ1) is 16.1. The molecule has 124 valence electrons. The predicted octanol–water partition coefficient (Wildman–Crippen LogP) is 1.24. The first-order valence-electron chi connectivity index (χ1n) is 7.44. The first-order valence-corrected chi connectivity index (χ1v) is 8.92. The molecule has 8 heteroatoms. The summed E-state index contributed by atoms with van der Waals surface area (Å²) in [5.74, 6) is 0. The SMILES string of the molecule is Cc1nn(C)c(C)c1[C@@H]1OCC[C@H]1NS(=O)(=O)c1cccnc1. The Hall–Kier alpha value is -1.77. The molecule has 0 aromatic carbocycles. The fourth-order valence-electron chi connectivity index (χ4n) is 2.97. The Balaban J connectivity index is 1.88. The van der Waals surface area contributed by atoms with Gasteiger partial charge >= 0.3 is 0 Å². The Kier molecular flexibility index (Phi) is 4.22. The maximum atomic E-state index is 12.5. The van der Waals surface area contributed by atoms with Crippen LogP contribution in [-0.2, 0) is 21.8 Å². The summed E-state index contributed by atoms with van der Waals surface area (Å²) in [7, 11) is -1.75. The van der Waals surface area contributed by atoms with E-state index in [9.17, 15) is 8.42 Å². The van der Waals surface area contributed by atoms with E-state index in [2.05, 4.69) is 14.8 Å². The van der Waals surface area contributed by atoms with E-state index in [1.54, 1.807) is 16.9 Å². The molecule has 23 heavy (non-hydrogen) atoms. The van der Waals surface area contributed by atoms with Crippen molar-refractivity contribution < 1.29 is 13.2 Å². The predicted molar refractivity (Wildman–Crippen MR) is 84.3 cm³/mol. The Morgan fingerprint density at radius 1 is 1.39 bits per heavy atom. The van der Waals surface area contributed by atoms with Crippen molar-refractivity contribution in [1.82, 2.24) is 19.5 Å². The number of hydrogen-bond acceptors (Lipinski definition) is 5. The lowest BCUT2D eigenvalue weighted by atomic mass is 10.0. The summed E-state index contributed by atoms with van der Waals surface area (Å²) in [5.41, 5.74) is 2.81. The first-order chi connectivity index (χ1) is 10.9. The van der Waals surface area contributed by atoms with Gasteiger partial charge in [-0.05, 0) is 32.4 Å². The summed E-state index contributed by atoms with van der Waals surface area (Å²) < 4.78 is 35.4. The van der Waals surface area contributed by atoms with Crippen molar-refractivity contribution in [1.29, 1.82) is 0 Å². The molecule has 0 unspecified atom stereocenters. The lowest BCUT2D eigenvalue weighted by molar-refractivity contribution is 0.101. The molecular formula is C15H20N4O3S. The van der Waals surface area contributed by atoms with E-state index in [1.165, 1.54) is 12.3 Å².